The molecule has 1 unspecified atom stereocenters. The normalized spacial score (nSPS) is 17.8. The van der Waals surface area contributed by atoms with E-state index < -0.39 is 27.8 Å². The first kappa shape index (κ1) is 22.4. The van der Waals surface area contributed by atoms with Crippen LogP contribution in [0.25, 0.3) is 10.2 Å². The Hall–Kier alpha value is -2.76. The van der Waals surface area contributed by atoms with Crippen LogP contribution < -0.4 is 14.3 Å². The van der Waals surface area contributed by atoms with E-state index in [0.29, 0.717) is 29.1 Å². The van der Waals surface area contributed by atoms with Crippen molar-refractivity contribution in [1.82, 2.24) is 8.87 Å². The second-order valence-corrected chi connectivity index (χ2v) is 10.1. The van der Waals surface area contributed by atoms with Crippen LogP contribution >= 0.6 is 11.3 Å². The maximum absolute atomic E-state index is 13.2. The van der Waals surface area contributed by atoms with Crippen molar-refractivity contribution in [1.29, 1.82) is 0 Å². The molecule has 0 radical (unpaired) electrons. The number of fused-ring (bicyclic) bond motifs is 1. The Morgan fingerprint density at radius 3 is 2.44 bits per heavy atom. The Labute approximate surface area is 188 Å². The van der Waals surface area contributed by atoms with Crippen LogP contribution in [0.3, 0.4) is 0 Å². The molecule has 8 nitrogen and oxygen atoms in total. The number of hydrogen-bond donors (Lipinski definition) is 0. The third-order valence-electron chi connectivity index (χ3n) is 5.43. The third-order valence-corrected chi connectivity index (χ3v) is 8.50. The summed E-state index contributed by atoms with van der Waals surface area (Å²) in [6.45, 7) is 0.200. The van der Waals surface area contributed by atoms with Gasteiger partial charge in [0.15, 0.2) is 4.80 Å². The van der Waals surface area contributed by atoms with Crippen molar-refractivity contribution in [2.45, 2.75) is 23.8 Å². The van der Waals surface area contributed by atoms with Gasteiger partial charge in [-0.2, -0.15) is 9.30 Å². The van der Waals surface area contributed by atoms with Crippen LogP contribution in [0.2, 0.25) is 0 Å². The number of aromatic nitrogens is 1. The summed E-state index contributed by atoms with van der Waals surface area (Å²) in [5, 5.41) is 0. The molecule has 32 heavy (non-hydrogen) atoms. The van der Waals surface area contributed by atoms with Crippen LogP contribution in [0.15, 0.2) is 46.3 Å². The van der Waals surface area contributed by atoms with Crippen LogP contribution in [-0.4, -0.2) is 50.0 Å². The van der Waals surface area contributed by atoms with Crippen LogP contribution in [0.5, 0.6) is 11.5 Å². The molecule has 1 aliphatic rings. The van der Waals surface area contributed by atoms with Crippen LogP contribution in [-0.2, 0) is 21.9 Å². The molecule has 2 aromatic carbocycles. The molecule has 0 spiro atoms. The zero-order valence-electron chi connectivity index (χ0n) is 17.7. The van der Waals surface area contributed by atoms with Crippen LogP contribution in [0, 0.1) is 5.82 Å². The van der Waals surface area contributed by atoms with E-state index in [4.69, 9.17) is 9.47 Å². The molecule has 0 aliphatic carbocycles. The van der Waals surface area contributed by atoms with Gasteiger partial charge in [0.05, 0.1) is 19.1 Å². The molecular weight excluding hydrogens is 457 g/mol. The predicted octanol–water partition coefficient (Wildman–Crippen LogP) is 2.68. The minimum absolute atomic E-state index is 0.0551. The lowest BCUT2D eigenvalue weighted by Crippen LogP contribution is -2.40. The topological polar surface area (TPSA) is 90.2 Å². The fourth-order valence-corrected chi connectivity index (χ4v) is 6.60. The van der Waals surface area contributed by atoms with Crippen molar-refractivity contribution in [3.8, 4) is 11.5 Å². The molecule has 11 heteroatoms. The van der Waals surface area contributed by atoms with E-state index >= 15 is 0 Å². The molecule has 3 aromatic rings. The first-order chi connectivity index (χ1) is 15.3. The number of sulfonamides is 1. The monoisotopic (exact) mass is 479 g/mol. The number of methoxy groups -OCH3 is 2. The number of hydrogen-bond acceptors (Lipinski definition) is 6. The van der Waals surface area contributed by atoms with Gasteiger partial charge in [0.25, 0.3) is 5.91 Å². The summed E-state index contributed by atoms with van der Waals surface area (Å²) in [6.07, 6.45) is 0.899. The van der Waals surface area contributed by atoms with Gasteiger partial charge in [-0.3, -0.25) is 4.79 Å². The maximum Gasteiger partial charge on any atom is 0.266 e. The van der Waals surface area contributed by atoms with E-state index in [1.807, 2.05) is 0 Å². The van der Waals surface area contributed by atoms with E-state index in [0.717, 1.165) is 26.7 Å². The average molecular weight is 480 g/mol. The Morgan fingerprint density at radius 1 is 1.12 bits per heavy atom. The number of nitrogens with zero attached hydrogens (tertiary/aromatic N) is 3. The van der Waals surface area contributed by atoms with E-state index in [9.17, 15) is 17.6 Å². The molecular formula is C21H22FN3O5S2. The van der Waals surface area contributed by atoms with Crippen molar-refractivity contribution in [3.05, 3.63) is 47.0 Å². The van der Waals surface area contributed by atoms with E-state index in [1.54, 1.807) is 38.0 Å². The Balaban J connectivity index is 1.74. The van der Waals surface area contributed by atoms with Gasteiger partial charge in [-0.25, -0.2) is 12.8 Å². The second kappa shape index (κ2) is 8.64. The molecule has 0 bridgehead atoms. The standard InChI is InChI=1S/C21H22FN3O5S2/c1-24-18-16(29-2)10-11-17(30-3)19(18)31-21(24)23-20(26)15-5-4-12-25(15)32(27,28)14-8-6-13(22)7-9-14/h6-11,15H,4-5,12H2,1-3H3. The van der Waals surface area contributed by atoms with Gasteiger partial charge in [-0.15, -0.1) is 0 Å². The number of aryl methyl sites for hydroxylation is 1. The highest BCUT2D eigenvalue weighted by molar-refractivity contribution is 7.89. The summed E-state index contributed by atoms with van der Waals surface area (Å²) in [7, 11) is 0.911. The summed E-state index contributed by atoms with van der Waals surface area (Å²) in [5.41, 5.74) is 0.727. The number of carbonyl (C=O) groups is 1. The average Bonchev–Trinajstić information content (AvgIpc) is 3.40. The first-order valence-corrected chi connectivity index (χ1v) is 12.1. The maximum atomic E-state index is 13.2. The largest absolute Gasteiger partial charge is 0.495 e. The van der Waals surface area contributed by atoms with Crippen LogP contribution in [0.4, 0.5) is 4.39 Å². The molecule has 170 valence electrons. The second-order valence-electron chi connectivity index (χ2n) is 7.27. The number of rotatable bonds is 5. The van der Waals surface area contributed by atoms with Crippen LogP contribution in [0.1, 0.15) is 12.8 Å². The first-order valence-electron chi connectivity index (χ1n) is 9.84. The van der Waals surface area contributed by atoms with Crippen molar-refractivity contribution < 1.29 is 27.1 Å². The number of amides is 1. The minimum Gasteiger partial charge on any atom is -0.495 e. The quantitative estimate of drug-likeness (QED) is 0.561. The van der Waals surface area contributed by atoms with Crippen molar-refractivity contribution >= 4 is 37.5 Å². The number of thiazole rings is 1. The molecule has 1 atom stereocenters. The van der Waals surface area contributed by atoms with Gasteiger partial charge in [0.2, 0.25) is 10.0 Å². The fourth-order valence-electron chi connectivity index (χ4n) is 3.81. The summed E-state index contributed by atoms with van der Waals surface area (Å²) in [6, 6.07) is 7.20. The van der Waals surface area contributed by atoms with Gasteiger partial charge < -0.3 is 14.0 Å². The number of benzene rings is 2. The Kier molecular flexibility index (Phi) is 6.06. The van der Waals surface area contributed by atoms with Crippen molar-refractivity contribution in [2.24, 2.45) is 12.0 Å². The Bertz CT molecular complexity index is 1350. The molecule has 1 amide bonds. The number of carbonyl (C=O) groups excluding carboxylic acids is 1. The highest BCUT2D eigenvalue weighted by atomic mass is 32.2. The van der Waals surface area contributed by atoms with Gasteiger partial charge in [0, 0.05) is 13.6 Å². The highest BCUT2D eigenvalue weighted by Gasteiger charge is 2.39. The van der Waals surface area contributed by atoms with Crippen molar-refractivity contribution in [2.75, 3.05) is 20.8 Å². The number of halogens is 1. The fraction of sp³-hybridized carbons (Fsp3) is 0.333. The highest BCUT2D eigenvalue weighted by Crippen LogP contribution is 2.34. The molecule has 1 aromatic heterocycles. The zero-order valence-corrected chi connectivity index (χ0v) is 19.4. The number of ether oxygens (including phenoxy) is 2. The predicted molar refractivity (Wildman–Crippen MR) is 118 cm³/mol. The van der Waals surface area contributed by atoms with Gasteiger partial charge in [-0.1, -0.05) is 11.3 Å². The summed E-state index contributed by atoms with van der Waals surface area (Å²) >= 11 is 1.26. The van der Waals surface area contributed by atoms with Gasteiger partial charge in [0.1, 0.15) is 33.6 Å². The SMILES string of the molecule is COc1ccc(OC)c2c1sc(=NC(=O)C1CCCN1S(=O)(=O)c1ccc(F)cc1)n2C. The summed E-state index contributed by atoms with van der Waals surface area (Å²) in [5.74, 6) is 0.149. The van der Waals surface area contributed by atoms with Gasteiger partial charge >= 0.3 is 0 Å². The lowest BCUT2D eigenvalue weighted by atomic mass is 10.2. The van der Waals surface area contributed by atoms with Gasteiger partial charge in [-0.05, 0) is 49.2 Å². The summed E-state index contributed by atoms with van der Waals surface area (Å²) < 4.78 is 53.9. The smallest absolute Gasteiger partial charge is 0.266 e. The molecule has 2 heterocycles. The van der Waals surface area contributed by atoms with E-state index in [-0.39, 0.29) is 11.4 Å². The molecule has 1 saturated heterocycles. The third kappa shape index (κ3) is 3.80. The lowest BCUT2D eigenvalue weighted by molar-refractivity contribution is -0.121. The van der Waals surface area contributed by atoms with E-state index in [1.165, 1.54) is 23.5 Å². The molecule has 1 aliphatic heterocycles. The molecule has 4 rings (SSSR count). The molecule has 0 saturated carbocycles. The van der Waals surface area contributed by atoms with Crippen molar-refractivity contribution in [3.63, 3.8) is 0 Å². The Morgan fingerprint density at radius 2 is 1.78 bits per heavy atom. The minimum atomic E-state index is -3.96. The lowest BCUT2D eigenvalue weighted by Gasteiger charge is -2.21. The van der Waals surface area contributed by atoms with E-state index in [2.05, 4.69) is 4.99 Å². The zero-order chi connectivity index (χ0) is 23.0. The molecule has 0 N–H and O–H groups in total. The molecule has 1 fully saturated rings. The summed E-state index contributed by atoms with van der Waals surface area (Å²) in [4.78, 5) is 17.7.